The molecule has 0 fully saturated rings. The first-order valence-corrected chi connectivity index (χ1v) is 15.0. The van der Waals surface area contributed by atoms with Crippen molar-refractivity contribution in [1.82, 2.24) is 9.13 Å². The number of nitrogens with zero attached hydrogens (tertiary/aromatic N) is 2. The Bertz CT molecular complexity index is 2100. The summed E-state index contributed by atoms with van der Waals surface area (Å²) in [5, 5.41) is 5.36. The van der Waals surface area contributed by atoms with Gasteiger partial charge in [0.1, 0.15) is 0 Å². The third-order valence-corrected chi connectivity index (χ3v) is 9.83. The Balaban J connectivity index is 1.59. The lowest BCUT2D eigenvalue weighted by Gasteiger charge is -2.42. The van der Waals surface area contributed by atoms with Gasteiger partial charge in [-0.3, -0.25) is 0 Å². The lowest BCUT2D eigenvalue weighted by molar-refractivity contribution is 0.332. The molecule has 0 saturated heterocycles. The van der Waals surface area contributed by atoms with Crippen LogP contribution in [0.3, 0.4) is 0 Å². The minimum atomic E-state index is 0.144. The second-order valence-corrected chi connectivity index (χ2v) is 13.3. The fourth-order valence-corrected chi connectivity index (χ4v) is 7.49. The Morgan fingerprint density at radius 2 is 1.20 bits per heavy atom. The van der Waals surface area contributed by atoms with Gasteiger partial charge < -0.3 is 9.13 Å². The van der Waals surface area contributed by atoms with Gasteiger partial charge in [-0.2, -0.15) is 0 Å². The van der Waals surface area contributed by atoms with E-state index in [9.17, 15) is 0 Å². The van der Waals surface area contributed by atoms with Crippen LogP contribution in [0.4, 0.5) is 0 Å². The molecular weight excluding hydrogens is 496 g/mol. The molecule has 0 spiro atoms. The van der Waals surface area contributed by atoms with Crippen molar-refractivity contribution in [2.45, 2.75) is 57.9 Å². The van der Waals surface area contributed by atoms with Crippen LogP contribution in [0.15, 0.2) is 109 Å². The highest BCUT2D eigenvalue weighted by molar-refractivity contribution is 6.25. The maximum Gasteiger partial charge on any atom is 0.0596 e. The number of rotatable bonds is 3. The maximum absolute atomic E-state index is 2.57. The van der Waals surface area contributed by atoms with Crippen LogP contribution < -0.4 is 0 Å². The minimum absolute atomic E-state index is 0.144. The highest BCUT2D eigenvalue weighted by Crippen LogP contribution is 2.49. The van der Waals surface area contributed by atoms with Crippen LogP contribution in [0.25, 0.3) is 49.3 Å². The number of benzene rings is 5. The van der Waals surface area contributed by atoms with Gasteiger partial charge in [0.15, 0.2) is 0 Å². The van der Waals surface area contributed by atoms with E-state index >= 15 is 0 Å². The third kappa shape index (κ3) is 3.56. The second-order valence-electron chi connectivity index (χ2n) is 13.3. The van der Waals surface area contributed by atoms with Crippen LogP contribution in [0.5, 0.6) is 0 Å². The predicted octanol–water partition coefficient (Wildman–Crippen LogP) is 10.3. The van der Waals surface area contributed by atoms with Crippen molar-refractivity contribution >= 4 is 43.6 Å². The van der Waals surface area contributed by atoms with E-state index in [1.54, 1.807) is 0 Å². The molecule has 0 N–H and O–H groups in total. The highest BCUT2D eigenvalue weighted by Gasteiger charge is 2.38. The average Bonchev–Trinajstić information content (AvgIpc) is 3.48. The van der Waals surface area contributed by atoms with Gasteiger partial charge in [-0.1, -0.05) is 100 Å². The number of hydrogen-bond donors (Lipinski definition) is 0. The molecule has 2 nitrogen and oxygen atoms in total. The maximum atomic E-state index is 2.57. The summed E-state index contributed by atoms with van der Waals surface area (Å²) >= 11 is 0. The number of hydrogen-bond acceptors (Lipinski definition) is 0. The topological polar surface area (TPSA) is 9.86 Å². The molecule has 0 atom stereocenters. The summed E-state index contributed by atoms with van der Waals surface area (Å²) in [7, 11) is 0. The van der Waals surface area contributed by atoms with Crippen LogP contribution >= 0.6 is 0 Å². The molecular formula is C39H36N2. The van der Waals surface area contributed by atoms with Crippen molar-refractivity contribution in [3.63, 3.8) is 0 Å². The Labute approximate surface area is 241 Å². The fourth-order valence-electron chi connectivity index (χ4n) is 7.49. The first kappa shape index (κ1) is 24.5. The van der Waals surface area contributed by atoms with Gasteiger partial charge in [-0.05, 0) is 76.8 Å². The summed E-state index contributed by atoms with van der Waals surface area (Å²) in [5.74, 6) is 0. The summed E-state index contributed by atoms with van der Waals surface area (Å²) in [6.45, 7) is 10.6. The van der Waals surface area contributed by atoms with Crippen LogP contribution in [0, 0.1) is 0 Å². The van der Waals surface area contributed by atoms with Gasteiger partial charge in [-0.15, -0.1) is 0 Å². The van der Waals surface area contributed by atoms with E-state index in [2.05, 4.69) is 146 Å². The molecule has 0 aliphatic heterocycles. The van der Waals surface area contributed by atoms with Crippen LogP contribution in [0.1, 0.15) is 57.2 Å². The van der Waals surface area contributed by atoms with E-state index in [1.807, 2.05) is 0 Å². The Morgan fingerprint density at radius 1 is 0.561 bits per heavy atom. The van der Waals surface area contributed by atoms with Crippen molar-refractivity contribution in [1.29, 1.82) is 0 Å². The molecule has 0 amide bonds. The molecule has 7 aromatic rings. The normalized spacial score (nSPS) is 16.1. The number of aromatic nitrogens is 2. The van der Waals surface area contributed by atoms with E-state index in [-0.39, 0.29) is 10.8 Å². The Kier molecular flexibility index (Phi) is 5.14. The van der Waals surface area contributed by atoms with Crippen molar-refractivity contribution in [3.8, 4) is 5.69 Å². The van der Waals surface area contributed by atoms with E-state index in [0.717, 1.165) is 6.54 Å². The van der Waals surface area contributed by atoms with Crippen molar-refractivity contribution < 1.29 is 0 Å². The molecule has 0 radical (unpaired) electrons. The largest absolute Gasteiger partial charge is 0.335 e. The second kappa shape index (κ2) is 8.60. The first-order valence-electron chi connectivity index (χ1n) is 15.0. The van der Waals surface area contributed by atoms with E-state index in [0.29, 0.717) is 0 Å². The molecule has 202 valence electrons. The zero-order valence-corrected chi connectivity index (χ0v) is 24.4. The monoisotopic (exact) mass is 532 g/mol. The van der Waals surface area contributed by atoms with Crippen LogP contribution in [-0.2, 0) is 17.4 Å². The Hall–Kier alpha value is -4.30. The van der Waals surface area contributed by atoms with Crippen LogP contribution in [-0.4, -0.2) is 9.13 Å². The zero-order chi connectivity index (χ0) is 27.9. The van der Waals surface area contributed by atoms with Gasteiger partial charge in [0.25, 0.3) is 0 Å². The smallest absolute Gasteiger partial charge is 0.0596 e. The summed E-state index contributed by atoms with van der Waals surface area (Å²) in [6.07, 6.45) is 2.42. The standard InChI is InChI=1S/C39H36N2/c1-38(2)21-22-39(3,4)32-24-35-30(23-31(32)38)36-34(41(35)27-15-9-6-10-16-27)20-19-29-28-17-11-12-18-33(28)40(37(29)36)25-26-13-7-5-8-14-26/h5-20,23-24H,21-22,25H2,1-4H3. The lowest BCUT2D eigenvalue weighted by Crippen LogP contribution is -2.33. The van der Waals surface area contributed by atoms with Gasteiger partial charge in [0, 0.05) is 39.3 Å². The molecule has 1 aliphatic carbocycles. The predicted molar refractivity (Wildman–Crippen MR) is 175 cm³/mol. The molecule has 2 heterocycles. The molecule has 2 heteroatoms. The van der Waals surface area contributed by atoms with E-state index in [4.69, 9.17) is 0 Å². The summed E-state index contributed by atoms with van der Waals surface area (Å²) in [5.41, 5.74) is 11.0. The van der Waals surface area contributed by atoms with Gasteiger partial charge in [0.2, 0.25) is 0 Å². The van der Waals surface area contributed by atoms with Crippen molar-refractivity contribution in [2.75, 3.05) is 0 Å². The van der Waals surface area contributed by atoms with E-state index < -0.39 is 0 Å². The fraction of sp³-hybridized carbons (Fsp3) is 0.231. The van der Waals surface area contributed by atoms with Crippen molar-refractivity contribution in [3.05, 3.63) is 126 Å². The molecule has 0 bridgehead atoms. The SMILES string of the molecule is CC1(C)CCC(C)(C)c2cc3c(cc21)c1c2c(ccc1n3-c1ccccc1)c1ccccc1n2Cc1ccccc1. The highest BCUT2D eigenvalue weighted by atomic mass is 15.0. The summed E-state index contributed by atoms with van der Waals surface area (Å²) < 4.78 is 5.07. The molecule has 0 saturated carbocycles. The molecule has 8 rings (SSSR count). The van der Waals surface area contributed by atoms with Gasteiger partial charge in [-0.25, -0.2) is 0 Å². The first-order chi connectivity index (χ1) is 19.8. The zero-order valence-electron chi connectivity index (χ0n) is 24.4. The molecule has 5 aromatic carbocycles. The quantitative estimate of drug-likeness (QED) is 0.214. The average molecular weight is 533 g/mol. The molecule has 41 heavy (non-hydrogen) atoms. The number of para-hydroxylation sites is 2. The van der Waals surface area contributed by atoms with E-state index in [1.165, 1.54) is 78.8 Å². The molecule has 1 aliphatic rings. The lowest BCUT2D eigenvalue weighted by atomic mass is 9.63. The minimum Gasteiger partial charge on any atom is -0.335 e. The summed E-state index contributed by atoms with van der Waals surface area (Å²) in [6, 6.07) is 40.5. The third-order valence-electron chi connectivity index (χ3n) is 9.83. The summed E-state index contributed by atoms with van der Waals surface area (Å²) in [4.78, 5) is 0. The Morgan fingerprint density at radius 3 is 1.93 bits per heavy atom. The number of fused-ring (bicyclic) bond motifs is 8. The van der Waals surface area contributed by atoms with Gasteiger partial charge in [0.05, 0.1) is 16.6 Å². The van der Waals surface area contributed by atoms with Crippen molar-refractivity contribution in [2.24, 2.45) is 0 Å². The molecule has 2 aromatic heterocycles. The molecule has 0 unspecified atom stereocenters. The van der Waals surface area contributed by atoms with Crippen LogP contribution in [0.2, 0.25) is 0 Å². The van der Waals surface area contributed by atoms with Gasteiger partial charge >= 0.3 is 0 Å².